The molecule has 0 aliphatic heterocycles. The zero-order chi connectivity index (χ0) is 15.0. The zero-order valence-electron chi connectivity index (χ0n) is 10.5. The Morgan fingerprint density at radius 1 is 1.32 bits per heavy atom. The molecule has 0 saturated carbocycles. The summed E-state index contributed by atoms with van der Waals surface area (Å²) in [6.07, 6.45) is -0.879. The molecule has 8 heteroatoms. The average Bonchev–Trinajstić information content (AvgIpc) is 2.12. The largest absolute Gasteiger partial charge is 0.391 e. The molecule has 4 nitrogen and oxygen atoms in total. The fourth-order valence-corrected chi connectivity index (χ4v) is 4.68. The van der Waals surface area contributed by atoms with Gasteiger partial charge in [-0.2, -0.15) is 0 Å². The van der Waals surface area contributed by atoms with Crippen LogP contribution in [0, 0.1) is 0 Å². The molecule has 0 bridgehead atoms. The Morgan fingerprint density at radius 3 is 2.11 bits per heavy atom. The molecule has 0 fully saturated rings. The second kappa shape index (κ2) is 5.87. The molecule has 108 valence electrons. The monoisotopic (exact) mass is 389 g/mol. The van der Waals surface area contributed by atoms with E-state index >= 15 is 0 Å². The van der Waals surface area contributed by atoms with Crippen LogP contribution in [-0.2, 0) is 10.0 Å². The van der Waals surface area contributed by atoms with Crippen molar-refractivity contribution in [1.29, 1.82) is 0 Å². The van der Waals surface area contributed by atoms with E-state index in [-0.39, 0.29) is 14.9 Å². The van der Waals surface area contributed by atoms with Crippen LogP contribution in [0.1, 0.15) is 20.8 Å². The SMILES string of the molecule is CC(O)C(C)(C)NS(=O)(=O)c1c(Cl)cc(Br)cc1Cl. The van der Waals surface area contributed by atoms with Gasteiger partial charge in [0.25, 0.3) is 0 Å². The van der Waals surface area contributed by atoms with E-state index in [4.69, 9.17) is 23.2 Å². The number of sulfonamides is 1. The van der Waals surface area contributed by atoms with Crippen molar-refractivity contribution < 1.29 is 13.5 Å². The van der Waals surface area contributed by atoms with Crippen molar-refractivity contribution in [3.8, 4) is 0 Å². The molecule has 1 atom stereocenters. The summed E-state index contributed by atoms with van der Waals surface area (Å²) in [5, 5.41) is 9.59. The van der Waals surface area contributed by atoms with Crippen LogP contribution >= 0.6 is 39.1 Å². The van der Waals surface area contributed by atoms with Gasteiger partial charge in [0, 0.05) is 4.47 Å². The fraction of sp³-hybridized carbons (Fsp3) is 0.455. The summed E-state index contributed by atoms with van der Waals surface area (Å²) in [6, 6.07) is 2.88. The molecule has 0 aliphatic carbocycles. The Morgan fingerprint density at radius 2 is 1.74 bits per heavy atom. The van der Waals surface area contributed by atoms with E-state index < -0.39 is 21.7 Å². The molecular weight excluding hydrogens is 377 g/mol. The quantitative estimate of drug-likeness (QED) is 0.829. The summed E-state index contributed by atoms with van der Waals surface area (Å²) < 4.78 is 27.6. The number of rotatable bonds is 4. The highest BCUT2D eigenvalue weighted by atomic mass is 79.9. The van der Waals surface area contributed by atoms with E-state index in [0.29, 0.717) is 4.47 Å². The van der Waals surface area contributed by atoms with Gasteiger partial charge in [-0.15, -0.1) is 0 Å². The maximum atomic E-state index is 12.3. The standard InChI is InChI=1S/C11H14BrCl2NO3S/c1-6(16)11(2,3)15-19(17,18)10-8(13)4-7(12)5-9(10)14/h4-6,15-16H,1-3H3. The summed E-state index contributed by atoms with van der Waals surface area (Å²) in [5.74, 6) is 0. The minimum absolute atomic E-state index is 0.00766. The van der Waals surface area contributed by atoms with Gasteiger partial charge in [0.15, 0.2) is 0 Å². The summed E-state index contributed by atoms with van der Waals surface area (Å²) in [6.45, 7) is 4.62. The van der Waals surface area contributed by atoms with Crippen molar-refractivity contribution in [2.24, 2.45) is 0 Å². The summed E-state index contributed by atoms with van der Waals surface area (Å²) in [5.41, 5.74) is -1.04. The van der Waals surface area contributed by atoms with Crippen molar-refractivity contribution in [3.63, 3.8) is 0 Å². The molecule has 1 rings (SSSR count). The van der Waals surface area contributed by atoms with Crippen molar-refractivity contribution in [2.45, 2.75) is 37.3 Å². The molecule has 0 amide bonds. The van der Waals surface area contributed by atoms with Crippen LogP contribution in [-0.4, -0.2) is 25.2 Å². The van der Waals surface area contributed by atoms with Gasteiger partial charge in [-0.25, -0.2) is 13.1 Å². The highest BCUT2D eigenvalue weighted by Crippen LogP contribution is 2.33. The van der Waals surface area contributed by atoms with Gasteiger partial charge >= 0.3 is 0 Å². The molecule has 2 N–H and O–H groups in total. The minimum Gasteiger partial charge on any atom is -0.391 e. The zero-order valence-corrected chi connectivity index (χ0v) is 14.5. The fourth-order valence-electron chi connectivity index (χ4n) is 1.27. The van der Waals surface area contributed by atoms with E-state index in [9.17, 15) is 13.5 Å². The van der Waals surface area contributed by atoms with E-state index in [1.54, 1.807) is 13.8 Å². The predicted molar refractivity (Wildman–Crippen MR) is 80.2 cm³/mol. The first-order chi connectivity index (χ1) is 8.47. The number of nitrogens with one attached hydrogen (secondary N) is 1. The molecule has 0 saturated heterocycles. The first-order valence-electron chi connectivity index (χ1n) is 5.34. The molecule has 1 unspecified atom stereocenters. The minimum atomic E-state index is -3.94. The number of aliphatic hydroxyl groups is 1. The number of halogens is 3. The normalized spacial score (nSPS) is 14.5. The van der Waals surface area contributed by atoms with Crippen molar-refractivity contribution in [1.82, 2.24) is 4.72 Å². The summed E-state index contributed by atoms with van der Waals surface area (Å²) in [7, 11) is -3.94. The molecular formula is C11H14BrCl2NO3S. The van der Waals surface area contributed by atoms with Gasteiger partial charge in [-0.3, -0.25) is 0 Å². The number of hydrogen-bond acceptors (Lipinski definition) is 3. The third-order valence-corrected chi connectivity index (χ3v) is 5.72. The Kier molecular flexibility index (Phi) is 5.32. The van der Waals surface area contributed by atoms with Crippen LogP contribution in [0.25, 0.3) is 0 Å². The Labute approximate surface area is 131 Å². The lowest BCUT2D eigenvalue weighted by molar-refractivity contribution is 0.111. The van der Waals surface area contributed by atoms with Crippen LogP contribution in [0.3, 0.4) is 0 Å². The molecule has 1 aromatic carbocycles. The van der Waals surface area contributed by atoms with Gasteiger partial charge in [-0.1, -0.05) is 39.1 Å². The average molecular weight is 391 g/mol. The van der Waals surface area contributed by atoms with Gasteiger partial charge in [0.2, 0.25) is 10.0 Å². The number of benzene rings is 1. The van der Waals surface area contributed by atoms with E-state index in [1.807, 2.05) is 0 Å². The van der Waals surface area contributed by atoms with Gasteiger partial charge in [0.05, 0.1) is 21.7 Å². The Hall–Kier alpha value is 0.150. The van der Waals surface area contributed by atoms with Crippen molar-refractivity contribution in [3.05, 3.63) is 26.7 Å². The second-order valence-electron chi connectivity index (χ2n) is 4.70. The summed E-state index contributed by atoms with van der Waals surface area (Å²) >= 11 is 15.0. The number of hydrogen-bond donors (Lipinski definition) is 2. The lowest BCUT2D eigenvalue weighted by Crippen LogP contribution is -2.50. The van der Waals surface area contributed by atoms with Crippen molar-refractivity contribution in [2.75, 3.05) is 0 Å². The molecule has 0 radical (unpaired) electrons. The Balaban J connectivity index is 3.30. The van der Waals surface area contributed by atoms with Gasteiger partial charge in [0.1, 0.15) is 4.90 Å². The van der Waals surface area contributed by atoms with E-state index in [0.717, 1.165) is 0 Å². The first kappa shape index (κ1) is 17.2. The highest BCUT2D eigenvalue weighted by Gasteiger charge is 2.32. The topological polar surface area (TPSA) is 66.4 Å². The second-order valence-corrected chi connectivity index (χ2v) is 8.05. The van der Waals surface area contributed by atoms with Crippen molar-refractivity contribution >= 4 is 49.2 Å². The maximum absolute atomic E-state index is 12.3. The smallest absolute Gasteiger partial charge is 0.244 e. The lowest BCUT2D eigenvalue weighted by Gasteiger charge is -2.29. The van der Waals surface area contributed by atoms with Crippen LogP contribution in [0.2, 0.25) is 10.0 Å². The van der Waals surface area contributed by atoms with Crippen LogP contribution in [0.4, 0.5) is 0 Å². The lowest BCUT2D eigenvalue weighted by atomic mass is 10.0. The summed E-state index contributed by atoms with van der Waals surface area (Å²) in [4.78, 5) is -0.201. The van der Waals surface area contributed by atoms with Gasteiger partial charge in [-0.05, 0) is 32.9 Å². The van der Waals surface area contributed by atoms with E-state index in [2.05, 4.69) is 20.7 Å². The van der Waals surface area contributed by atoms with E-state index in [1.165, 1.54) is 19.1 Å². The highest BCUT2D eigenvalue weighted by molar-refractivity contribution is 9.10. The molecule has 0 aromatic heterocycles. The van der Waals surface area contributed by atoms with Crippen LogP contribution < -0.4 is 4.72 Å². The third kappa shape index (κ3) is 4.06. The molecule has 0 heterocycles. The predicted octanol–water partition coefficient (Wildman–Crippen LogP) is 3.19. The first-order valence-corrected chi connectivity index (χ1v) is 8.37. The Bertz CT molecular complexity index is 565. The maximum Gasteiger partial charge on any atom is 0.244 e. The molecule has 0 aliphatic rings. The molecule has 19 heavy (non-hydrogen) atoms. The third-order valence-electron chi connectivity index (χ3n) is 2.67. The van der Waals surface area contributed by atoms with Crippen LogP contribution in [0.5, 0.6) is 0 Å². The number of aliphatic hydroxyl groups excluding tert-OH is 1. The molecule has 1 aromatic rings. The van der Waals surface area contributed by atoms with Gasteiger partial charge < -0.3 is 5.11 Å². The molecule has 0 spiro atoms. The van der Waals surface area contributed by atoms with Crippen LogP contribution in [0.15, 0.2) is 21.5 Å².